The van der Waals surface area contributed by atoms with E-state index in [2.05, 4.69) is 73.8 Å². The summed E-state index contributed by atoms with van der Waals surface area (Å²) in [5.74, 6) is 2.25. The average Bonchev–Trinajstić information content (AvgIpc) is 2.74. The molecule has 0 aromatic heterocycles. The molecule has 2 atom stereocenters. The highest BCUT2D eigenvalue weighted by atomic mass is 127. The van der Waals surface area contributed by atoms with E-state index in [0.717, 1.165) is 29.6 Å². The molecule has 0 radical (unpaired) electrons. The molecule has 0 amide bonds. The lowest BCUT2D eigenvalue weighted by molar-refractivity contribution is 0.303. The highest BCUT2D eigenvalue weighted by Gasteiger charge is 2.17. The van der Waals surface area contributed by atoms with Crippen LogP contribution in [0.3, 0.4) is 0 Å². The predicted octanol–water partition coefficient (Wildman–Crippen LogP) is 4.24. The Hall–Kier alpha value is -2.00. The summed E-state index contributed by atoms with van der Waals surface area (Å²) >= 11 is 0. The van der Waals surface area contributed by atoms with Crippen molar-refractivity contribution in [1.29, 1.82) is 0 Å². The molecule has 0 aliphatic carbocycles. The molecule has 2 aromatic rings. The molecule has 2 aromatic carbocycles. The van der Waals surface area contributed by atoms with Gasteiger partial charge in [-0.3, -0.25) is 4.99 Å². The fraction of sp³-hybridized carbons (Fsp3) is 0.435. The van der Waals surface area contributed by atoms with Gasteiger partial charge in [-0.25, -0.2) is 0 Å². The highest BCUT2D eigenvalue weighted by Crippen LogP contribution is 2.31. The standard InChI is InChI=1S/C23H34N4O2.HI/c1-7-24-23(26-17(2)18-11-9-8-10-12-18)25-16-20(27(3)4)19-13-14-21(28-5)22(15-19)29-6;/h8-15,17,20H,7,16H2,1-6H3,(H2,24,25,26);1H. The van der Waals surface area contributed by atoms with Gasteiger partial charge in [-0.05, 0) is 51.2 Å². The molecule has 2 N–H and O–H groups in total. The minimum atomic E-state index is 0. The molecule has 0 spiro atoms. The van der Waals surface area contributed by atoms with Gasteiger partial charge in [0.15, 0.2) is 17.5 Å². The van der Waals surface area contributed by atoms with Crippen LogP contribution >= 0.6 is 24.0 Å². The van der Waals surface area contributed by atoms with Crippen molar-refractivity contribution in [2.45, 2.75) is 25.9 Å². The van der Waals surface area contributed by atoms with E-state index in [-0.39, 0.29) is 36.1 Å². The van der Waals surface area contributed by atoms with Crippen LogP contribution in [0.1, 0.15) is 37.1 Å². The van der Waals surface area contributed by atoms with Crippen molar-refractivity contribution in [3.63, 3.8) is 0 Å². The number of hydrogen-bond acceptors (Lipinski definition) is 4. The smallest absolute Gasteiger partial charge is 0.191 e. The first-order chi connectivity index (χ1) is 14.0. The first-order valence-corrected chi connectivity index (χ1v) is 9.98. The maximum Gasteiger partial charge on any atom is 0.191 e. The van der Waals surface area contributed by atoms with Gasteiger partial charge in [0.1, 0.15) is 0 Å². The van der Waals surface area contributed by atoms with Gasteiger partial charge < -0.3 is 25.0 Å². The molecule has 2 unspecified atom stereocenters. The van der Waals surface area contributed by atoms with Crippen molar-refractivity contribution < 1.29 is 9.47 Å². The van der Waals surface area contributed by atoms with E-state index in [1.54, 1.807) is 14.2 Å². The van der Waals surface area contributed by atoms with Gasteiger partial charge in [-0.15, -0.1) is 24.0 Å². The van der Waals surface area contributed by atoms with Gasteiger partial charge in [0, 0.05) is 6.54 Å². The Balaban J connectivity index is 0.00000450. The number of ether oxygens (including phenoxy) is 2. The van der Waals surface area contributed by atoms with E-state index in [1.165, 1.54) is 5.56 Å². The van der Waals surface area contributed by atoms with E-state index in [4.69, 9.17) is 14.5 Å². The maximum absolute atomic E-state index is 5.47. The van der Waals surface area contributed by atoms with Crippen LogP contribution in [-0.2, 0) is 0 Å². The predicted molar refractivity (Wildman–Crippen MR) is 135 cm³/mol. The zero-order valence-electron chi connectivity index (χ0n) is 18.8. The zero-order chi connectivity index (χ0) is 21.2. The number of likely N-dealkylation sites (N-methyl/N-ethyl adjacent to an activating group) is 1. The van der Waals surface area contributed by atoms with Gasteiger partial charge in [-0.1, -0.05) is 36.4 Å². The van der Waals surface area contributed by atoms with Crippen molar-refractivity contribution in [3.05, 3.63) is 59.7 Å². The summed E-state index contributed by atoms with van der Waals surface area (Å²) in [4.78, 5) is 7.02. The Morgan fingerprint density at radius 2 is 1.67 bits per heavy atom. The first kappa shape index (κ1) is 26.0. The lowest BCUT2D eigenvalue weighted by atomic mass is 10.1. The van der Waals surface area contributed by atoms with Crippen molar-refractivity contribution in [3.8, 4) is 11.5 Å². The molecule has 30 heavy (non-hydrogen) atoms. The summed E-state index contributed by atoms with van der Waals surface area (Å²) in [7, 11) is 7.42. The first-order valence-electron chi connectivity index (χ1n) is 9.98. The largest absolute Gasteiger partial charge is 0.493 e. The van der Waals surface area contributed by atoms with Gasteiger partial charge in [-0.2, -0.15) is 0 Å². The molecule has 0 saturated heterocycles. The van der Waals surface area contributed by atoms with Crippen LogP contribution in [0.25, 0.3) is 0 Å². The third kappa shape index (κ3) is 7.36. The lowest BCUT2D eigenvalue weighted by Crippen LogP contribution is -2.39. The van der Waals surface area contributed by atoms with E-state index < -0.39 is 0 Å². The second-order valence-corrected chi connectivity index (χ2v) is 7.09. The van der Waals surface area contributed by atoms with Gasteiger partial charge >= 0.3 is 0 Å². The third-order valence-electron chi connectivity index (χ3n) is 4.84. The van der Waals surface area contributed by atoms with E-state index in [9.17, 15) is 0 Å². The van der Waals surface area contributed by atoms with Crippen LogP contribution in [0.15, 0.2) is 53.5 Å². The monoisotopic (exact) mass is 526 g/mol. The van der Waals surface area contributed by atoms with Crippen molar-refractivity contribution in [1.82, 2.24) is 15.5 Å². The molecule has 0 aliphatic heterocycles. The summed E-state index contributed by atoms with van der Waals surface area (Å²) < 4.78 is 10.8. The molecule has 0 aliphatic rings. The zero-order valence-corrected chi connectivity index (χ0v) is 21.1. The molecule has 0 bridgehead atoms. The molecule has 166 valence electrons. The average molecular weight is 526 g/mol. The van der Waals surface area contributed by atoms with E-state index >= 15 is 0 Å². The number of halogens is 1. The lowest BCUT2D eigenvalue weighted by Gasteiger charge is -2.25. The summed E-state index contributed by atoms with van der Waals surface area (Å²) in [5.41, 5.74) is 2.35. The van der Waals surface area contributed by atoms with Crippen LogP contribution in [0, 0.1) is 0 Å². The fourth-order valence-corrected chi connectivity index (χ4v) is 3.15. The number of guanidine groups is 1. The SMILES string of the molecule is CCNC(=NCC(c1ccc(OC)c(OC)c1)N(C)C)NC(C)c1ccccc1.I. The number of methoxy groups -OCH3 is 2. The minimum Gasteiger partial charge on any atom is -0.493 e. The number of nitrogens with zero attached hydrogens (tertiary/aromatic N) is 2. The number of nitrogens with one attached hydrogen (secondary N) is 2. The Kier molecular flexibility index (Phi) is 11.6. The number of aliphatic imine (C=N–C) groups is 1. The summed E-state index contributed by atoms with van der Waals surface area (Å²) in [6.45, 7) is 5.62. The second kappa shape index (κ2) is 13.3. The summed E-state index contributed by atoms with van der Waals surface area (Å²) in [5, 5.41) is 6.84. The maximum atomic E-state index is 5.47. The van der Waals surface area contributed by atoms with Crippen molar-refractivity contribution in [2.24, 2.45) is 4.99 Å². The number of benzene rings is 2. The molecule has 0 heterocycles. The Morgan fingerprint density at radius 3 is 2.23 bits per heavy atom. The Bertz CT molecular complexity index is 784. The van der Waals surface area contributed by atoms with Crippen LogP contribution in [0.5, 0.6) is 11.5 Å². The number of hydrogen-bond donors (Lipinski definition) is 2. The third-order valence-corrected chi connectivity index (χ3v) is 4.84. The molecule has 0 fully saturated rings. The molecule has 2 rings (SSSR count). The fourth-order valence-electron chi connectivity index (χ4n) is 3.15. The second-order valence-electron chi connectivity index (χ2n) is 7.09. The van der Waals surface area contributed by atoms with Crippen LogP contribution in [0.2, 0.25) is 0 Å². The van der Waals surface area contributed by atoms with Crippen molar-refractivity contribution >= 4 is 29.9 Å². The number of rotatable bonds is 9. The molecule has 0 saturated carbocycles. The van der Waals surface area contributed by atoms with E-state index in [0.29, 0.717) is 6.54 Å². The van der Waals surface area contributed by atoms with Crippen molar-refractivity contribution in [2.75, 3.05) is 41.4 Å². The van der Waals surface area contributed by atoms with Gasteiger partial charge in [0.2, 0.25) is 0 Å². The van der Waals surface area contributed by atoms with Crippen LogP contribution in [-0.4, -0.2) is 52.3 Å². The normalized spacial score (nSPS) is 13.2. The van der Waals surface area contributed by atoms with Gasteiger partial charge in [0.05, 0.1) is 32.8 Å². The van der Waals surface area contributed by atoms with Crippen LogP contribution in [0.4, 0.5) is 0 Å². The summed E-state index contributed by atoms with van der Waals surface area (Å²) in [6.07, 6.45) is 0. The molecule has 6 nitrogen and oxygen atoms in total. The van der Waals surface area contributed by atoms with E-state index in [1.807, 2.05) is 18.2 Å². The molecular weight excluding hydrogens is 491 g/mol. The minimum absolute atomic E-state index is 0. The highest BCUT2D eigenvalue weighted by molar-refractivity contribution is 14.0. The summed E-state index contributed by atoms with van der Waals surface area (Å²) in [6, 6.07) is 16.7. The Morgan fingerprint density at radius 1 is 1.00 bits per heavy atom. The van der Waals surface area contributed by atoms with Crippen LogP contribution < -0.4 is 20.1 Å². The Labute approximate surface area is 198 Å². The van der Waals surface area contributed by atoms with Gasteiger partial charge in [0.25, 0.3) is 0 Å². The molecule has 7 heteroatoms. The molecular formula is C23H35IN4O2. The topological polar surface area (TPSA) is 58.1 Å². The quantitative estimate of drug-likeness (QED) is 0.291.